The molecule has 1 aromatic rings. The van der Waals surface area contributed by atoms with E-state index in [0.717, 1.165) is 12.0 Å². The summed E-state index contributed by atoms with van der Waals surface area (Å²) in [6, 6.07) is 3.85. The van der Waals surface area contributed by atoms with Crippen molar-refractivity contribution < 1.29 is 4.74 Å². The third kappa shape index (κ3) is 3.51. The molecule has 0 spiro atoms. The lowest BCUT2D eigenvalue weighted by Crippen LogP contribution is -2.27. The van der Waals surface area contributed by atoms with Gasteiger partial charge in [-0.2, -0.15) is 0 Å². The Morgan fingerprint density at radius 1 is 1.47 bits per heavy atom. The number of rotatable bonds is 4. The maximum Gasteiger partial charge on any atom is 0.213 e. The molecule has 3 heteroatoms. The van der Waals surface area contributed by atoms with Crippen LogP contribution in [0, 0.1) is 0 Å². The monoisotopic (exact) mass is 208 g/mol. The van der Waals surface area contributed by atoms with Crippen molar-refractivity contribution in [2.24, 2.45) is 5.73 Å². The van der Waals surface area contributed by atoms with E-state index in [1.165, 1.54) is 0 Å². The van der Waals surface area contributed by atoms with Crippen molar-refractivity contribution in [2.75, 3.05) is 0 Å². The number of hydrogen-bond donors (Lipinski definition) is 1. The van der Waals surface area contributed by atoms with Gasteiger partial charge in [0.2, 0.25) is 5.88 Å². The molecule has 0 saturated carbocycles. The molecule has 0 aliphatic heterocycles. The maximum atomic E-state index is 5.74. The van der Waals surface area contributed by atoms with Gasteiger partial charge in [0.15, 0.2) is 0 Å². The summed E-state index contributed by atoms with van der Waals surface area (Å²) >= 11 is 0. The van der Waals surface area contributed by atoms with Crippen LogP contribution in [-0.2, 0) is 0 Å². The third-order valence-corrected chi connectivity index (χ3v) is 2.52. The topological polar surface area (TPSA) is 48.1 Å². The van der Waals surface area contributed by atoms with Crippen LogP contribution in [0.3, 0.4) is 0 Å². The van der Waals surface area contributed by atoms with E-state index in [1.54, 1.807) is 6.20 Å². The second kappa shape index (κ2) is 4.62. The molecule has 0 fully saturated rings. The Morgan fingerprint density at radius 3 is 2.53 bits per heavy atom. The predicted octanol–water partition coefficient (Wildman–Crippen LogP) is 2.67. The minimum absolute atomic E-state index is 0.0192. The fourth-order valence-electron chi connectivity index (χ4n) is 1.08. The van der Waals surface area contributed by atoms with E-state index >= 15 is 0 Å². The highest BCUT2D eigenvalue weighted by Gasteiger charge is 2.17. The molecule has 1 atom stereocenters. The fraction of sp³-hybridized carbons (Fsp3) is 0.583. The summed E-state index contributed by atoms with van der Waals surface area (Å²) in [5.41, 5.74) is 6.60. The highest BCUT2D eigenvalue weighted by molar-refractivity contribution is 5.20. The number of nitrogens with zero attached hydrogens (tertiary/aromatic N) is 1. The second-order valence-corrected chi connectivity index (χ2v) is 4.43. The molecule has 3 nitrogen and oxygen atoms in total. The Balaban J connectivity index is 2.73. The van der Waals surface area contributed by atoms with E-state index < -0.39 is 0 Å². The number of hydrogen-bond acceptors (Lipinski definition) is 3. The largest absolute Gasteiger partial charge is 0.472 e. The average Bonchev–Trinajstić information content (AvgIpc) is 2.18. The lowest BCUT2D eigenvalue weighted by molar-refractivity contribution is 0.0990. The molecule has 0 amide bonds. The van der Waals surface area contributed by atoms with Crippen molar-refractivity contribution in [3.05, 3.63) is 23.9 Å². The molecule has 15 heavy (non-hydrogen) atoms. The van der Waals surface area contributed by atoms with Crippen molar-refractivity contribution in [3.8, 4) is 5.88 Å². The van der Waals surface area contributed by atoms with Crippen molar-refractivity contribution in [1.82, 2.24) is 4.98 Å². The van der Waals surface area contributed by atoms with Crippen LogP contribution in [-0.4, -0.2) is 10.6 Å². The number of aromatic nitrogens is 1. The highest BCUT2D eigenvalue weighted by Crippen LogP contribution is 2.19. The zero-order valence-corrected chi connectivity index (χ0v) is 9.95. The van der Waals surface area contributed by atoms with Crippen molar-refractivity contribution in [3.63, 3.8) is 0 Å². The molecular weight excluding hydrogens is 188 g/mol. The Morgan fingerprint density at radius 2 is 2.13 bits per heavy atom. The summed E-state index contributed by atoms with van der Waals surface area (Å²) in [6.07, 6.45) is 2.72. The number of ether oxygens (including phenoxy) is 1. The van der Waals surface area contributed by atoms with E-state index in [1.807, 2.05) is 32.9 Å². The van der Waals surface area contributed by atoms with Crippen LogP contribution < -0.4 is 10.5 Å². The van der Waals surface area contributed by atoms with Gasteiger partial charge in [-0.1, -0.05) is 13.0 Å². The van der Waals surface area contributed by atoms with E-state index in [4.69, 9.17) is 10.5 Å². The molecule has 0 aromatic carbocycles. The quantitative estimate of drug-likeness (QED) is 0.827. The molecule has 0 aliphatic rings. The van der Waals surface area contributed by atoms with Gasteiger partial charge in [-0.25, -0.2) is 4.98 Å². The molecule has 2 N–H and O–H groups in total. The molecule has 0 unspecified atom stereocenters. The Labute approximate surface area is 91.7 Å². The van der Waals surface area contributed by atoms with Crippen LogP contribution in [0.1, 0.15) is 45.7 Å². The summed E-state index contributed by atoms with van der Waals surface area (Å²) < 4.78 is 5.73. The van der Waals surface area contributed by atoms with E-state index in [-0.39, 0.29) is 11.6 Å². The first-order valence-electron chi connectivity index (χ1n) is 5.35. The van der Waals surface area contributed by atoms with Crippen molar-refractivity contribution in [1.29, 1.82) is 0 Å². The van der Waals surface area contributed by atoms with E-state index in [0.29, 0.717) is 5.88 Å². The van der Waals surface area contributed by atoms with Crippen LogP contribution in [0.25, 0.3) is 0 Å². The second-order valence-electron chi connectivity index (χ2n) is 4.43. The minimum Gasteiger partial charge on any atom is -0.472 e. The van der Waals surface area contributed by atoms with Crippen LogP contribution >= 0.6 is 0 Å². The van der Waals surface area contributed by atoms with Gasteiger partial charge < -0.3 is 10.5 Å². The van der Waals surface area contributed by atoms with Gasteiger partial charge in [-0.3, -0.25) is 0 Å². The Bertz CT molecular complexity index is 304. The van der Waals surface area contributed by atoms with Crippen molar-refractivity contribution >= 4 is 0 Å². The van der Waals surface area contributed by atoms with Gasteiger partial charge in [0.1, 0.15) is 5.60 Å². The van der Waals surface area contributed by atoms with Crippen LogP contribution in [0.5, 0.6) is 5.88 Å². The standard InChI is InChI=1S/C12H20N2O/c1-5-12(3,4)15-11-7-6-10(8-14-11)9(2)13/h6-9H,5,13H2,1-4H3/t9-/m1/s1. The van der Waals surface area contributed by atoms with Gasteiger partial charge in [0.25, 0.3) is 0 Å². The molecule has 0 bridgehead atoms. The third-order valence-electron chi connectivity index (χ3n) is 2.52. The van der Waals surface area contributed by atoms with Crippen LogP contribution in [0.4, 0.5) is 0 Å². The molecule has 1 rings (SSSR count). The Hall–Kier alpha value is -1.09. The maximum absolute atomic E-state index is 5.74. The van der Waals surface area contributed by atoms with Crippen LogP contribution in [0.2, 0.25) is 0 Å². The van der Waals surface area contributed by atoms with Gasteiger partial charge >= 0.3 is 0 Å². The normalized spacial score (nSPS) is 13.7. The molecule has 0 radical (unpaired) electrons. The number of nitrogens with two attached hydrogens (primary N) is 1. The summed E-state index contributed by atoms with van der Waals surface area (Å²) in [4.78, 5) is 4.23. The summed E-state index contributed by atoms with van der Waals surface area (Å²) in [5, 5.41) is 0. The highest BCUT2D eigenvalue weighted by atomic mass is 16.5. The van der Waals surface area contributed by atoms with Gasteiger partial charge in [-0.15, -0.1) is 0 Å². The summed E-state index contributed by atoms with van der Waals surface area (Å²) in [6.45, 7) is 8.13. The molecule has 84 valence electrons. The lowest BCUT2D eigenvalue weighted by Gasteiger charge is -2.24. The smallest absolute Gasteiger partial charge is 0.213 e. The van der Waals surface area contributed by atoms with E-state index in [9.17, 15) is 0 Å². The lowest BCUT2D eigenvalue weighted by atomic mass is 10.1. The SMILES string of the molecule is CCC(C)(C)Oc1ccc([C@@H](C)N)cn1. The molecule has 0 aliphatic carbocycles. The summed E-state index contributed by atoms with van der Waals surface area (Å²) in [7, 11) is 0. The van der Waals surface area contributed by atoms with Gasteiger partial charge in [0, 0.05) is 18.3 Å². The zero-order chi connectivity index (χ0) is 11.5. The molecule has 1 aromatic heterocycles. The predicted molar refractivity (Wildman–Crippen MR) is 61.8 cm³/mol. The Kier molecular flexibility index (Phi) is 3.69. The van der Waals surface area contributed by atoms with E-state index in [2.05, 4.69) is 11.9 Å². The average molecular weight is 208 g/mol. The molecule has 0 saturated heterocycles. The number of pyridine rings is 1. The van der Waals surface area contributed by atoms with Crippen molar-refractivity contribution in [2.45, 2.75) is 45.8 Å². The first-order valence-corrected chi connectivity index (χ1v) is 5.35. The molecular formula is C12H20N2O. The first-order chi connectivity index (χ1) is 6.94. The van der Waals surface area contributed by atoms with Gasteiger partial charge in [-0.05, 0) is 32.8 Å². The summed E-state index contributed by atoms with van der Waals surface area (Å²) in [5.74, 6) is 0.659. The first kappa shape index (κ1) is 12.0. The zero-order valence-electron chi connectivity index (χ0n) is 9.95. The van der Waals surface area contributed by atoms with Crippen LogP contribution in [0.15, 0.2) is 18.3 Å². The minimum atomic E-state index is -0.164. The van der Waals surface area contributed by atoms with Gasteiger partial charge in [0.05, 0.1) is 0 Å². The fourth-order valence-corrected chi connectivity index (χ4v) is 1.08. The molecule has 1 heterocycles.